The molecule has 6 heteroatoms. The number of likely N-dealkylation sites (tertiary alicyclic amines) is 1. The third-order valence-corrected chi connectivity index (χ3v) is 5.37. The van der Waals surface area contributed by atoms with Crippen molar-refractivity contribution in [3.63, 3.8) is 0 Å². The number of piperidine rings is 1. The van der Waals surface area contributed by atoms with Crippen LogP contribution in [0.5, 0.6) is 0 Å². The number of nitrogens with one attached hydrogen (secondary N) is 2. The summed E-state index contributed by atoms with van der Waals surface area (Å²) < 4.78 is 0.232. The minimum Gasteiger partial charge on any atom is -0.355 e. The Balaban J connectivity index is 0.00000441. The van der Waals surface area contributed by atoms with Gasteiger partial charge in [0.05, 0.1) is 0 Å². The Morgan fingerprint density at radius 2 is 1.82 bits per heavy atom. The highest BCUT2D eigenvalue weighted by atomic mass is 127. The molecule has 0 aliphatic carbocycles. The maximum Gasteiger partial charge on any atom is 0.191 e. The summed E-state index contributed by atoms with van der Waals surface area (Å²) in [7, 11) is 1.84. The minimum atomic E-state index is 0. The van der Waals surface area contributed by atoms with E-state index in [1.54, 1.807) is 0 Å². The number of aliphatic imine (C=N–C) groups is 1. The second-order valence-electron chi connectivity index (χ2n) is 7.02. The molecule has 1 aliphatic rings. The fraction of sp³-hybridized carbons (Fsp3) is 0.938. The van der Waals surface area contributed by atoms with Gasteiger partial charge in [0, 0.05) is 44.5 Å². The van der Waals surface area contributed by atoms with E-state index >= 15 is 0 Å². The summed E-state index contributed by atoms with van der Waals surface area (Å²) >= 11 is 1.87. The van der Waals surface area contributed by atoms with Gasteiger partial charge in [0.15, 0.2) is 5.96 Å². The van der Waals surface area contributed by atoms with Gasteiger partial charge < -0.3 is 15.5 Å². The van der Waals surface area contributed by atoms with Crippen LogP contribution in [0.2, 0.25) is 0 Å². The zero-order valence-electron chi connectivity index (χ0n) is 15.1. The molecule has 1 saturated heterocycles. The molecule has 1 fully saturated rings. The normalized spacial score (nSPS) is 23.8. The molecule has 0 spiro atoms. The van der Waals surface area contributed by atoms with Crippen molar-refractivity contribution in [3.05, 3.63) is 0 Å². The third kappa shape index (κ3) is 8.82. The molecule has 0 radical (unpaired) electrons. The largest absolute Gasteiger partial charge is 0.355 e. The zero-order valence-corrected chi connectivity index (χ0v) is 18.3. The van der Waals surface area contributed by atoms with E-state index in [0.717, 1.165) is 37.4 Å². The van der Waals surface area contributed by atoms with Crippen molar-refractivity contribution < 1.29 is 0 Å². The maximum atomic E-state index is 4.30. The van der Waals surface area contributed by atoms with Crippen LogP contribution in [-0.2, 0) is 0 Å². The van der Waals surface area contributed by atoms with E-state index in [-0.39, 0.29) is 28.7 Å². The zero-order chi connectivity index (χ0) is 15.9. The third-order valence-electron chi connectivity index (χ3n) is 4.12. The molecule has 0 aromatic carbocycles. The van der Waals surface area contributed by atoms with Crippen LogP contribution in [0.1, 0.15) is 34.1 Å². The van der Waals surface area contributed by atoms with Crippen LogP contribution in [0.25, 0.3) is 0 Å². The molecular weight excluding hydrogens is 407 g/mol. The summed E-state index contributed by atoms with van der Waals surface area (Å²) in [6, 6.07) is 0. The van der Waals surface area contributed by atoms with Gasteiger partial charge in [0.2, 0.25) is 0 Å². The highest BCUT2D eigenvalue weighted by Gasteiger charge is 2.21. The second kappa shape index (κ2) is 11.0. The number of halogens is 1. The summed E-state index contributed by atoms with van der Waals surface area (Å²) in [5.41, 5.74) is 0. The number of nitrogens with zero attached hydrogens (tertiary/aromatic N) is 2. The summed E-state index contributed by atoms with van der Waals surface area (Å²) in [6.07, 6.45) is 3.52. The molecule has 4 nitrogen and oxygen atoms in total. The number of hydrogen-bond acceptors (Lipinski definition) is 3. The molecule has 132 valence electrons. The first-order valence-electron chi connectivity index (χ1n) is 8.08. The van der Waals surface area contributed by atoms with Crippen molar-refractivity contribution in [3.8, 4) is 0 Å². The number of thioether (sulfide) groups is 1. The fourth-order valence-corrected chi connectivity index (χ4v) is 3.11. The fourth-order valence-electron chi connectivity index (χ4n) is 2.90. The topological polar surface area (TPSA) is 39.7 Å². The number of guanidine groups is 1. The molecule has 0 amide bonds. The Morgan fingerprint density at radius 3 is 2.32 bits per heavy atom. The standard InChI is InChI=1S/C16H34N4S.HI/c1-13-9-14(2)11-20(10-13)8-7-18-15(17-5)19-12-16(3,4)21-6;/h13-14H,7-12H2,1-6H3,(H2,17,18,19);1H. The van der Waals surface area contributed by atoms with Crippen molar-refractivity contribution in [2.75, 3.05) is 46.0 Å². The molecule has 1 aliphatic heterocycles. The van der Waals surface area contributed by atoms with E-state index in [1.807, 2.05) is 18.8 Å². The summed E-state index contributed by atoms with van der Waals surface area (Å²) in [5.74, 6) is 2.57. The molecule has 0 aromatic heterocycles. The van der Waals surface area contributed by atoms with E-state index in [0.29, 0.717) is 0 Å². The lowest BCUT2D eigenvalue weighted by Crippen LogP contribution is -2.47. The van der Waals surface area contributed by atoms with Gasteiger partial charge in [-0.05, 0) is 38.4 Å². The van der Waals surface area contributed by atoms with Crippen molar-refractivity contribution in [2.45, 2.75) is 38.9 Å². The monoisotopic (exact) mass is 442 g/mol. The molecule has 0 saturated carbocycles. The van der Waals surface area contributed by atoms with Crippen LogP contribution in [-0.4, -0.2) is 61.6 Å². The molecule has 2 unspecified atom stereocenters. The van der Waals surface area contributed by atoms with Gasteiger partial charge in [-0.3, -0.25) is 4.99 Å². The van der Waals surface area contributed by atoms with Gasteiger partial charge in [0.25, 0.3) is 0 Å². The molecule has 0 bridgehead atoms. The van der Waals surface area contributed by atoms with E-state index in [2.05, 4.69) is 54.5 Å². The van der Waals surface area contributed by atoms with Crippen molar-refractivity contribution in [1.82, 2.24) is 15.5 Å². The molecule has 1 rings (SSSR count). The molecule has 22 heavy (non-hydrogen) atoms. The Kier molecular flexibility index (Phi) is 11.1. The molecule has 2 atom stereocenters. The number of hydrogen-bond donors (Lipinski definition) is 2. The first-order chi connectivity index (χ1) is 9.86. The van der Waals surface area contributed by atoms with E-state index in [1.165, 1.54) is 19.5 Å². The lowest BCUT2D eigenvalue weighted by molar-refractivity contribution is 0.143. The van der Waals surface area contributed by atoms with Gasteiger partial charge in [0.1, 0.15) is 0 Å². The van der Waals surface area contributed by atoms with Crippen LogP contribution >= 0.6 is 35.7 Å². The van der Waals surface area contributed by atoms with Gasteiger partial charge in [-0.15, -0.1) is 24.0 Å². The van der Waals surface area contributed by atoms with Crippen molar-refractivity contribution in [2.24, 2.45) is 16.8 Å². The minimum absolute atomic E-state index is 0. The van der Waals surface area contributed by atoms with Gasteiger partial charge in [-0.2, -0.15) is 11.8 Å². The maximum absolute atomic E-state index is 4.30. The molecule has 1 heterocycles. The predicted octanol–water partition coefficient (Wildman–Crippen LogP) is 2.89. The Bertz CT molecular complexity index is 326. The highest BCUT2D eigenvalue weighted by molar-refractivity contribution is 14.0. The SMILES string of the molecule is CN=C(NCCN1CC(C)CC(C)C1)NCC(C)(C)SC.I. The Labute approximate surface area is 158 Å². The van der Waals surface area contributed by atoms with Gasteiger partial charge >= 0.3 is 0 Å². The van der Waals surface area contributed by atoms with Crippen LogP contribution < -0.4 is 10.6 Å². The lowest BCUT2D eigenvalue weighted by Gasteiger charge is -2.35. The predicted molar refractivity (Wildman–Crippen MR) is 112 cm³/mol. The second-order valence-corrected chi connectivity index (χ2v) is 8.54. The summed E-state index contributed by atoms with van der Waals surface area (Å²) in [6.45, 7) is 14.7. The Hall–Kier alpha value is 0.310. The van der Waals surface area contributed by atoms with Gasteiger partial charge in [-0.1, -0.05) is 13.8 Å². The van der Waals surface area contributed by atoms with Crippen molar-refractivity contribution >= 4 is 41.7 Å². The smallest absolute Gasteiger partial charge is 0.191 e. The van der Waals surface area contributed by atoms with E-state index < -0.39 is 0 Å². The van der Waals surface area contributed by atoms with Crippen molar-refractivity contribution in [1.29, 1.82) is 0 Å². The Morgan fingerprint density at radius 1 is 1.23 bits per heavy atom. The van der Waals surface area contributed by atoms with Crippen LogP contribution in [0.4, 0.5) is 0 Å². The highest BCUT2D eigenvalue weighted by Crippen LogP contribution is 2.20. The first kappa shape index (κ1) is 22.3. The quantitative estimate of drug-likeness (QED) is 0.377. The van der Waals surface area contributed by atoms with Crippen LogP contribution in [0.15, 0.2) is 4.99 Å². The molecule has 0 aromatic rings. The van der Waals surface area contributed by atoms with Gasteiger partial charge in [-0.25, -0.2) is 0 Å². The molecular formula is C16H35IN4S. The summed E-state index contributed by atoms with van der Waals surface area (Å²) in [5, 5.41) is 6.85. The summed E-state index contributed by atoms with van der Waals surface area (Å²) in [4.78, 5) is 6.88. The molecule has 2 N–H and O–H groups in total. The average molecular weight is 442 g/mol. The lowest BCUT2D eigenvalue weighted by atomic mass is 9.92. The number of rotatable bonds is 6. The van der Waals surface area contributed by atoms with Crippen LogP contribution in [0.3, 0.4) is 0 Å². The van der Waals surface area contributed by atoms with Crippen LogP contribution in [0, 0.1) is 11.8 Å². The average Bonchev–Trinajstić information content (AvgIpc) is 2.41. The van der Waals surface area contributed by atoms with E-state index in [4.69, 9.17) is 0 Å². The first-order valence-corrected chi connectivity index (χ1v) is 9.30. The van der Waals surface area contributed by atoms with E-state index in [9.17, 15) is 0 Å².